The van der Waals surface area contributed by atoms with E-state index >= 15 is 0 Å². The molecule has 0 saturated heterocycles. The second kappa shape index (κ2) is 3.62. The largest absolute Gasteiger partial charge is 0.195 e. The van der Waals surface area contributed by atoms with E-state index in [0.717, 1.165) is 0 Å². The average Bonchev–Trinajstić information content (AvgIpc) is 2.06. The third-order valence-corrected chi connectivity index (χ3v) is 1.24. The van der Waals surface area contributed by atoms with Gasteiger partial charge in [-0.2, -0.15) is 10.3 Å². The summed E-state index contributed by atoms with van der Waals surface area (Å²) in [5, 5.41) is 10.7. The van der Waals surface area contributed by atoms with Gasteiger partial charge in [0.2, 0.25) is 0 Å². The molecule has 3 heteroatoms. The molecule has 52 valence electrons. The Morgan fingerprint density at radius 2 is 2.27 bits per heavy atom. The summed E-state index contributed by atoms with van der Waals surface area (Å²) in [6, 6.07) is 8.88. The van der Waals surface area contributed by atoms with Gasteiger partial charge in [-0.15, -0.1) is 0 Å². The predicted molar refractivity (Wildman–Crippen MR) is 45.8 cm³/mol. The second-order valence-corrected chi connectivity index (χ2v) is 2.05. The van der Waals surface area contributed by atoms with Crippen molar-refractivity contribution in [2.45, 2.75) is 0 Å². The van der Waals surface area contributed by atoms with Gasteiger partial charge in [-0.3, -0.25) is 0 Å². The van der Waals surface area contributed by atoms with Crippen molar-refractivity contribution in [1.82, 2.24) is 0 Å². The molecule has 1 rings (SSSR count). The minimum atomic E-state index is 0.580. The molecule has 0 unspecified atom stereocenters. The summed E-state index contributed by atoms with van der Waals surface area (Å²) in [5.74, 6) is 0. The highest BCUT2D eigenvalue weighted by Gasteiger charge is 1.90. The molecule has 2 nitrogen and oxygen atoms in total. The van der Waals surface area contributed by atoms with Crippen molar-refractivity contribution in [3.8, 4) is 6.07 Å². The zero-order valence-corrected chi connectivity index (χ0v) is 6.43. The van der Waals surface area contributed by atoms with E-state index in [1.165, 1.54) is 0 Å². The Morgan fingerprint density at radius 1 is 1.45 bits per heavy atom. The molecule has 0 fully saturated rings. The Balaban J connectivity index is 3.12. The highest BCUT2D eigenvalue weighted by molar-refractivity contribution is 7.78. The van der Waals surface area contributed by atoms with Crippen molar-refractivity contribution in [2.75, 3.05) is 0 Å². The van der Waals surface area contributed by atoms with Crippen LogP contribution in [0.4, 0.5) is 5.69 Å². The number of hydrogen-bond donors (Lipinski definition) is 0. The lowest BCUT2D eigenvalue weighted by Gasteiger charge is -1.89. The smallest absolute Gasteiger partial charge is 0.0992 e. The van der Waals surface area contributed by atoms with E-state index in [4.69, 9.17) is 5.26 Å². The number of aliphatic imine (C=N–C) groups is 1. The van der Waals surface area contributed by atoms with E-state index in [9.17, 15) is 0 Å². The van der Waals surface area contributed by atoms with Crippen LogP contribution in [-0.4, -0.2) is 5.16 Å². The maximum absolute atomic E-state index is 8.49. The van der Waals surface area contributed by atoms with Gasteiger partial charge in [-0.25, -0.2) is 0 Å². The predicted octanol–water partition coefficient (Wildman–Crippen LogP) is 2.29. The van der Waals surface area contributed by atoms with Crippen molar-refractivity contribution < 1.29 is 0 Å². The van der Waals surface area contributed by atoms with Gasteiger partial charge >= 0.3 is 0 Å². The molecule has 0 aromatic heterocycles. The number of hydrogen-bond acceptors (Lipinski definition) is 3. The van der Waals surface area contributed by atoms with Crippen LogP contribution in [0, 0.1) is 11.3 Å². The first-order valence-electron chi connectivity index (χ1n) is 2.95. The number of nitrogens with zero attached hydrogens (tertiary/aromatic N) is 2. The van der Waals surface area contributed by atoms with Crippen LogP contribution in [-0.2, 0) is 0 Å². The molecule has 11 heavy (non-hydrogen) atoms. The molecule has 0 bridgehead atoms. The van der Waals surface area contributed by atoms with Crippen LogP contribution in [0.25, 0.3) is 0 Å². The zero-order valence-electron chi connectivity index (χ0n) is 5.61. The van der Waals surface area contributed by atoms with Gasteiger partial charge in [-0.05, 0) is 30.4 Å². The fraction of sp³-hybridized carbons (Fsp3) is 0. The van der Waals surface area contributed by atoms with Gasteiger partial charge in [0, 0.05) is 0 Å². The fourth-order valence-corrected chi connectivity index (χ4v) is 0.803. The third-order valence-electron chi connectivity index (χ3n) is 1.15. The number of rotatable bonds is 1. The van der Waals surface area contributed by atoms with Crippen molar-refractivity contribution in [3.63, 3.8) is 0 Å². The van der Waals surface area contributed by atoms with Crippen molar-refractivity contribution in [3.05, 3.63) is 29.8 Å². The van der Waals surface area contributed by atoms with E-state index in [2.05, 4.69) is 22.4 Å². The topological polar surface area (TPSA) is 36.1 Å². The molecule has 0 aliphatic carbocycles. The first-order chi connectivity index (χ1) is 5.36. The highest BCUT2D eigenvalue weighted by Crippen LogP contribution is 2.11. The molecule has 0 saturated carbocycles. The van der Waals surface area contributed by atoms with Crippen LogP contribution < -0.4 is 0 Å². The molecule has 0 heterocycles. The van der Waals surface area contributed by atoms with Gasteiger partial charge < -0.3 is 0 Å². The fourth-order valence-electron chi connectivity index (χ4n) is 0.698. The van der Waals surface area contributed by atoms with Gasteiger partial charge in [0.15, 0.2) is 0 Å². The number of isothiocyanates is 1. The van der Waals surface area contributed by atoms with Gasteiger partial charge in [0.25, 0.3) is 0 Å². The molecule has 0 aliphatic rings. The van der Waals surface area contributed by atoms with Gasteiger partial charge in [0.1, 0.15) is 0 Å². The summed E-state index contributed by atoms with van der Waals surface area (Å²) in [4.78, 5) is 3.73. The Bertz CT molecular complexity index is 345. The first-order valence-corrected chi connectivity index (χ1v) is 3.35. The molecule has 0 atom stereocenters. The monoisotopic (exact) mass is 160 g/mol. The third kappa shape index (κ3) is 1.98. The Morgan fingerprint density at radius 3 is 2.91 bits per heavy atom. The molecule has 1 aromatic carbocycles. The summed E-state index contributed by atoms with van der Waals surface area (Å²) >= 11 is 4.41. The summed E-state index contributed by atoms with van der Waals surface area (Å²) in [6.45, 7) is 0. The molecule has 0 radical (unpaired) electrons. The van der Waals surface area contributed by atoms with E-state index < -0.39 is 0 Å². The summed E-state index contributed by atoms with van der Waals surface area (Å²) in [7, 11) is 0. The lowest BCUT2D eigenvalue weighted by Crippen LogP contribution is -1.70. The van der Waals surface area contributed by atoms with Crippen molar-refractivity contribution in [2.24, 2.45) is 4.99 Å². The first kappa shape index (κ1) is 7.62. The zero-order chi connectivity index (χ0) is 8.10. The summed E-state index contributed by atoms with van der Waals surface area (Å²) < 4.78 is 0. The summed E-state index contributed by atoms with van der Waals surface area (Å²) in [6.07, 6.45) is 0. The molecule has 0 aliphatic heterocycles. The van der Waals surface area contributed by atoms with E-state index in [1.807, 2.05) is 6.07 Å². The maximum atomic E-state index is 8.49. The molecule has 0 amide bonds. The second-order valence-electron chi connectivity index (χ2n) is 1.87. The summed E-state index contributed by atoms with van der Waals surface area (Å²) in [5.41, 5.74) is 1.25. The minimum absolute atomic E-state index is 0.580. The molecule has 0 N–H and O–H groups in total. The molecular weight excluding hydrogens is 156 g/mol. The Hall–Kier alpha value is -1.49. The van der Waals surface area contributed by atoms with Crippen LogP contribution in [0.5, 0.6) is 0 Å². The SMILES string of the molecule is N#Cc1cccc(N=C=S)c1. The van der Waals surface area contributed by atoms with E-state index in [0.29, 0.717) is 11.3 Å². The molecule has 0 spiro atoms. The van der Waals surface area contributed by atoms with Gasteiger partial charge in [0.05, 0.1) is 22.5 Å². The van der Waals surface area contributed by atoms with Crippen molar-refractivity contribution >= 4 is 23.1 Å². The lowest BCUT2D eigenvalue weighted by molar-refractivity contribution is 1.46. The quantitative estimate of drug-likeness (QED) is 0.466. The van der Waals surface area contributed by atoms with E-state index in [-0.39, 0.29) is 0 Å². The van der Waals surface area contributed by atoms with Crippen LogP contribution in [0.2, 0.25) is 0 Å². The van der Waals surface area contributed by atoms with Crippen LogP contribution in [0.1, 0.15) is 5.56 Å². The lowest BCUT2D eigenvalue weighted by atomic mass is 10.2. The Labute approximate surface area is 69.8 Å². The molecule has 1 aromatic rings. The number of benzene rings is 1. The maximum Gasteiger partial charge on any atom is 0.0992 e. The normalized spacial score (nSPS) is 7.91. The van der Waals surface area contributed by atoms with E-state index in [1.54, 1.807) is 24.3 Å². The van der Waals surface area contributed by atoms with Crippen molar-refractivity contribution in [1.29, 1.82) is 5.26 Å². The molecular formula is C8H4N2S. The number of thiocarbonyl (C=S) groups is 1. The van der Waals surface area contributed by atoms with Crippen LogP contribution in [0.15, 0.2) is 29.3 Å². The number of nitriles is 1. The van der Waals surface area contributed by atoms with Crippen LogP contribution in [0.3, 0.4) is 0 Å². The average molecular weight is 160 g/mol. The highest BCUT2D eigenvalue weighted by atomic mass is 32.1. The minimum Gasteiger partial charge on any atom is -0.195 e. The van der Waals surface area contributed by atoms with Gasteiger partial charge in [-0.1, -0.05) is 6.07 Å². The standard InChI is InChI=1S/C8H4N2S/c9-5-7-2-1-3-8(4-7)10-6-11/h1-4H. The Kier molecular flexibility index (Phi) is 2.51. The van der Waals surface area contributed by atoms with Crippen LogP contribution >= 0.6 is 12.2 Å².